The Bertz CT molecular complexity index is 1010. The zero-order valence-electron chi connectivity index (χ0n) is 15.8. The maximum atomic E-state index is 13.4. The first-order valence-electron chi connectivity index (χ1n) is 8.68. The monoisotopic (exact) mass is 386 g/mol. The molecule has 1 heterocycles. The van der Waals surface area contributed by atoms with Crippen molar-refractivity contribution in [2.45, 2.75) is 20.4 Å². The van der Waals surface area contributed by atoms with Crippen molar-refractivity contribution < 1.29 is 18.3 Å². The van der Waals surface area contributed by atoms with Crippen LogP contribution in [0.15, 0.2) is 59.4 Å². The minimum Gasteiger partial charge on any atom is -0.465 e. The zero-order chi connectivity index (χ0) is 20.7. The summed E-state index contributed by atoms with van der Waals surface area (Å²) in [4.78, 5) is 23.7. The molecule has 0 aliphatic rings. The highest BCUT2D eigenvalue weighted by Gasteiger charge is 2.09. The molecule has 0 aliphatic heterocycles. The second-order valence-electron chi connectivity index (χ2n) is 5.56. The van der Waals surface area contributed by atoms with Crippen molar-refractivity contribution in [1.29, 1.82) is 0 Å². The molecule has 28 heavy (non-hydrogen) atoms. The number of methoxy groups -OCH3 is 1. The van der Waals surface area contributed by atoms with E-state index in [1.54, 1.807) is 24.3 Å². The van der Waals surface area contributed by atoms with E-state index in [2.05, 4.69) is 9.84 Å². The third kappa shape index (κ3) is 5.09. The van der Waals surface area contributed by atoms with E-state index in [0.29, 0.717) is 11.1 Å². The van der Waals surface area contributed by atoms with Crippen LogP contribution < -0.4 is 5.56 Å². The number of aromatic nitrogens is 2. The average Bonchev–Trinajstić information content (AvgIpc) is 2.70. The standard InChI is InChI=1S/C19H14F2N2O3.C2H6/c1-26-19(25)13-4-2-3-12(7-13)11-23-18(24)6-5-17(22-23)14-8-15(20)10-16(21)9-14;1-2/h2-10H,11H2,1H3;1-2H3. The molecule has 3 rings (SSSR count). The molecule has 0 aliphatic carbocycles. The second-order valence-corrected chi connectivity index (χ2v) is 5.56. The van der Waals surface area contributed by atoms with Crippen molar-refractivity contribution in [3.05, 3.63) is 87.7 Å². The SMILES string of the molecule is CC.COC(=O)c1cccc(Cn2nc(-c3cc(F)cc(F)c3)ccc2=O)c1. The van der Waals surface area contributed by atoms with E-state index in [9.17, 15) is 18.4 Å². The van der Waals surface area contributed by atoms with Gasteiger partial charge in [-0.25, -0.2) is 18.3 Å². The van der Waals surface area contributed by atoms with Crippen LogP contribution >= 0.6 is 0 Å². The molecule has 146 valence electrons. The van der Waals surface area contributed by atoms with E-state index in [4.69, 9.17) is 0 Å². The number of hydrogen-bond acceptors (Lipinski definition) is 4. The smallest absolute Gasteiger partial charge is 0.337 e. The third-order valence-electron chi connectivity index (χ3n) is 3.71. The van der Waals surface area contributed by atoms with Gasteiger partial charge in [0.25, 0.3) is 5.56 Å². The molecule has 0 unspecified atom stereocenters. The van der Waals surface area contributed by atoms with Gasteiger partial charge < -0.3 is 4.74 Å². The summed E-state index contributed by atoms with van der Waals surface area (Å²) in [6.07, 6.45) is 0. The summed E-state index contributed by atoms with van der Waals surface area (Å²) < 4.78 is 32.7. The van der Waals surface area contributed by atoms with Crippen molar-refractivity contribution in [3.63, 3.8) is 0 Å². The van der Waals surface area contributed by atoms with Gasteiger partial charge in [-0.1, -0.05) is 26.0 Å². The highest BCUT2D eigenvalue weighted by atomic mass is 19.1. The van der Waals surface area contributed by atoms with Crippen LogP contribution in [-0.2, 0) is 11.3 Å². The number of halogens is 2. The molecule has 0 fully saturated rings. The number of hydrogen-bond donors (Lipinski definition) is 0. The fourth-order valence-corrected chi connectivity index (χ4v) is 2.51. The van der Waals surface area contributed by atoms with Crippen molar-refractivity contribution in [2.75, 3.05) is 7.11 Å². The van der Waals surface area contributed by atoms with Crippen molar-refractivity contribution in [3.8, 4) is 11.3 Å². The fourth-order valence-electron chi connectivity index (χ4n) is 2.51. The van der Waals surface area contributed by atoms with Gasteiger partial charge in [0, 0.05) is 17.7 Å². The molecular formula is C21H20F2N2O3. The number of carbonyl (C=O) groups is 1. The van der Waals surface area contributed by atoms with Crippen LogP contribution in [0.1, 0.15) is 29.8 Å². The largest absolute Gasteiger partial charge is 0.465 e. The predicted molar refractivity (Wildman–Crippen MR) is 102 cm³/mol. The van der Waals surface area contributed by atoms with Crippen LogP contribution in [-0.4, -0.2) is 22.9 Å². The summed E-state index contributed by atoms with van der Waals surface area (Å²) in [5.41, 5.74) is 1.10. The van der Waals surface area contributed by atoms with E-state index in [1.165, 1.54) is 19.2 Å². The summed E-state index contributed by atoms with van der Waals surface area (Å²) >= 11 is 0. The van der Waals surface area contributed by atoms with Crippen LogP contribution in [0.4, 0.5) is 8.78 Å². The van der Waals surface area contributed by atoms with E-state index in [0.717, 1.165) is 22.9 Å². The van der Waals surface area contributed by atoms with Crippen LogP contribution in [0.25, 0.3) is 11.3 Å². The fraction of sp³-hybridized carbons (Fsp3) is 0.190. The summed E-state index contributed by atoms with van der Waals surface area (Å²) in [5.74, 6) is -1.95. The van der Waals surface area contributed by atoms with Gasteiger partial charge in [-0.2, -0.15) is 5.10 Å². The van der Waals surface area contributed by atoms with Crippen LogP contribution in [0.5, 0.6) is 0 Å². The molecule has 7 heteroatoms. The van der Waals surface area contributed by atoms with Crippen molar-refractivity contribution in [1.82, 2.24) is 9.78 Å². The zero-order valence-corrected chi connectivity index (χ0v) is 15.8. The Kier molecular flexibility index (Phi) is 7.14. The summed E-state index contributed by atoms with van der Waals surface area (Å²) in [7, 11) is 1.28. The van der Waals surface area contributed by atoms with Gasteiger partial charge in [0.05, 0.1) is 24.9 Å². The molecule has 0 bridgehead atoms. The van der Waals surface area contributed by atoms with E-state index in [1.807, 2.05) is 13.8 Å². The molecular weight excluding hydrogens is 366 g/mol. The van der Waals surface area contributed by atoms with Crippen LogP contribution in [0.3, 0.4) is 0 Å². The number of ether oxygens (including phenoxy) is 1. The predicted octanol–water partition coefficient (Wildman–Crippen LogP) is 4.05. The topological polar surface area (TPSA) is 61.2 Å². The highest BCUT2D eigenvalue weighted by Crippen LogP contribution is 2.18. The first kappa shape index (κ1) is 21.0. The van der Waals surface area contributed by atoms with E-state index < -0.39 is 17.6 Å². The molecule has 1 aromatic heterocycles. The normalized spacial score (nSPS) is 10.0. The number of benzene rings is 2. The number of esters is 1. The Hall–Kier alpha value is -3.35. The number of nitrogens with zero attached hydrogens (tertiary/aromatic N) is 2. The van der Waals surface area contributed by atoms with Gasteiger partial charge in [-0.3, -0.25) is 4.79 Å². The molecule has 0 N–H and O–H groups in total. The van der Waals surface area contributed by atoms with Gasteiger partial charge in [0.1, 0.15) is 11.6 Å². The lowest BCUT2D eigenvalue weighted by Crippen LogP contribution is -2.23. The maximum Gasteiger partial charge on any atom is 0.337 e. The van der Waals surface area contributed by atoms with Gasteiger partial charge in [0.15, 0.2) is 0 Å². The minimum absolute atomic E-state index is 0.0926. The number of rotatable bonds is 4. The van der Waals surface area contributed by atoms with Gasteiger partial charge in [-0.15, -0.1) is 0 Å². The highest BCUT2D eigenvalue weighted by molar-refractivity contribution is 5.89. The molecule has 0 atom stereocenters. The summed E-state index contributed by atoms with van der Waals surface area (Å²) in [5, 5.41) is 4.17. The molecule has 0 saturated carbocycles. The van der Waals surface area contributed by atoms with Gasteiger partial charge >= 0.3 is 5.97 Å². The quantitative estimate of drug-likeness (QED) is 0.635. The number of carbonyl (C=O) groups excluding carboxylic acids is 1. The molecule has 0 spiro atoms. The van der Waals surface area contributed by atoms with E-state index >= 15 is 0 Å². The van der Waals surface area contributed by atoms with E-state index in [-0.39, 0.29) is 23.4 Å². The Morgan fingerprint density at radius 2 is 1.71 bits per heavy atom. The van der Waals surface area contributed by atoms with Crippen LogP contribution in [0.2, 0.25) is 0 Å². The molecule has 5 nitrogen and oxygen atoms in total. The molecule has 3 aromatic rings. The Labute approximate surface area is 161 Å². The second kappa shape index (κ2) is 9.55. The van der Waals surface area contributed by atoms with Crippen molar-refractivity contribution in [2.24, 2.45) is 0 Å². The summed E-state index contributed by atoms with van der Waals surface area (Å²) in [6.45, 7) is 4.09. The lowest BCUT2D eigenvalue weighted by molar-refractivity contribution is 0.0600. The molecule has 0 radical (unpaired) electrons. The maximum absolute atomic E-state index is 13.4. The molecule has 0 saturated heterocycles. The van der Waals surface area contributed by atoms with Crippen LogP contribution in [0, 0.1) is 11.6 Å². The summed E-state index contributed by atoms with van der Waals surface area (Å²) in [6, 6.07) is 12.3. The van der Waals surface area contributed by atoms with Gasteiger partial charge in [-0.05, 0) is 35.9 Å². The molecule has 0 amide bonds. The Balaban J connectivity index is 0.00000136. The minimum atomic E-state index is -0.731. The van der Waals surface area contributed by atoms with Crippen molar-refractivity contribution >= 4 is 5.97 Å². The lowest BCUT2D eigenvalue weighted by atomic mass is 10.1. The first-order chi connectivity index (χ1) is 13.5. The molecule has 2 aromatic carbocycles. The Morgan fingerprint density at radius 1 is 1.04 bits per heavy atom. The first-order valence-corrected chi connectivity index (χ1v) is 8.68. The Morgan fingerprint density at radius 3 is 2.36 bits per heavy atom. The third-order valence-corrected chi connectivity index (χ3v) is 3.71. The average molecular weight is 386 g/mol. The van der Waals surface area contributed by atoms with Gasteiger partial charge in [0.2, 0.25) is 0 Å². The lowest BCUT2D eigenvalue weighted by Gasteiger charge is -2.09.